The van der Waals surface area contributed by atoms with Gasteiger partial charge < -0.3 is 4.42 Å². The molecule has 1 aromatic heterocycles. The molecule has 0 radical (unpaired) electrons. The number of para-hydroxylation sites is 2. The predicted octanol–water partition coefficient (Wildman–Crippen LogP) is 2.52. The van der Waals surface area contributed by atoms with E-state index in [1.165, 1.54) is 0 Å². The summed E-state index contributed by atoms with van der Waals surface area (Å²) in [4.78, 5) is 15.5. The number of carbonyl (C=O) groups is 1. The summed E-state index contributed by atoms with van der Waals surface area (Å²) in [5.41, 5.74) is 1.68. The normalized spacial score (nSPS) is 24.3. The van der Waals surface area contributed by atoms with E-state index >= 15 is 0 Å². The van der Waals surface area contributed by atoms with Crippen molar-refractivity contribution >= 4 is 16.9 Å². The molecule has 0 N–H and O–H groups in total. The molecule has 1 aliphatic carbocycles. The van der Waals surface area contributed by atoms with Crippen LogP contribution in [0.5, 0.6) is 0 Å². The summed E-state index contributed by atoms with van der Waals surface area (Å²) in [6, 6.07) is 7.68. The molecule has 1 heterocycles. The molecule has 76 valence electrons. The van der Waals surface area contributed by atoms with E-state index in [1.54, 1.807) is 6.92 Å². The summed E-state index contributed by atoms with van der Waals surface area (Å²) in [6.45, 7) is 1.63. The van der Waals surface area contributed by atoms with Crippen LogP contribution in [0.3, 0.4) is 0 Å². The minimum atomic E-state index is 0.137. The lowest BCUT2D eigenvalue weighted by Gasteiger charge is -1.88. The summed E-state index contributed by atoms with van der Waals surface area (Å²) in [5, 5.41) is 0. The molecule has 0 spiro atoms. The number of carbonyl (C=O) groups excluding carboxylic acids is 1. The molecule has 0 saturated heterocycles. The molecule has 2 atom stereocenters. The van der Waals surface area contributed by atoms with Crippen molar-refractivity contribution in [3.8, 4) is 0 Å². The van der Waals surface area contributed by atoms with Crippen molar-refractivity contribution in [3.05, 3.63) is 30.2 Å². The van der Waals surface area contributed by atoms with Gasteiger partial charge in [-0.25, -0.2) is 4.98 Å². The number of oxazole rings is 1. The van der Waals surface area contributed by atoms with Gasteiger partial charge in [-0.15, -0.1) is 0 Å². The molecule has 15 heavy (non-hydrogen) atoms. The minimum absolute atomic E-state index is 0.137. The molecular weight excluding hydrogens is 190 g/mol. The van der Waals surface area contributed by atoms with Crippen molar-refractivity contribution in [2.75, 3.05) is 0 Å². The van der Waals surface area contributed by atoms with E-state index < -0.39 is 0 Å². The van der Waals surface area contributed by atoms with Crippen molar-refractivity contribution < 1.29 is 9.21 Å². The fourth-order valence-electron chi connectivity index (χ4n) is 1.97. The van der Waals surface area contributed by atoms with Gasteiger partial charge in [-0.3, -0.25) is 4.79 Å². The smallest absolute Gasteiger partial charge is 0.199 e. The van der Waals surface area contributed by atoms with Crippen molar-refractivity contribution in [1.82, 2.24) is 4.98 Å². The zero-order valence-electron chi connectivity index (χ0n) is 8.43. The average molecular weight is 201 g/mol. The quantitative estimate of drug-likeness (QED) is 0.749. The SMILES string of the molecule is CC(=O)[C@H]1C[C@@H]1c1nc2ccccc2o1. The van der Waals surface area contributed by atoms with E-state index in [2.05, 4.69) is 4.98 Å². The Balaban J connectivity index is 1.97. The third-order valence-electron chi connectivity index (χ3n) is 2.94. The molecule has 0 unspecified atom stereocenters. The van der Waals surface area contributed by atoms with Crippen LogP contribution in [-0.2, 0) is 4.79 Å². The Bertz CT molecular complexity index is 496. The molecule has 1 aromatic carbocycles. The lowest BCUT2D eigenvalue weighted by molar-refractivity contribution is -0.118. The number of hydrogen-bond acceptors (Lipinski definition) is 3. The van der Waals surface area contributed by atoms with Gasteiger partial charge in [-0.05, 0) is 25.5 Å². The number of aromatic nitrogens is 1. The van der Waals surface area contributed by atoms with Crippen LogP contribution in [0.1, 0.15) is 25.2 Å². The van der Waals surface area contributed by atoms with Crippen LogP contribution in [0.4, 0.5) is 0 Å². The monoisotopic (exact) mass is 201 g/mol. The van der Waals surface area contributed by atoms with E-state index in [0.29, 0.717) is 0 Å². The van der Waals surface area contributed by atoms with Crippen molar-refractivity contribution in [2.24, 2.45) is 5.92 Å². The highest BCUT2D eigenvalue weighted by Gasteiger charge is 2.45. The van der Waals surface area contributed by atoms with E-state index in [0.717, 1.165) is 23.4 Å². The third kappa shape index (κ3) is 1.35. The molecule has 0 bridgehead atoms. The number of hydrogen-bond donors (Lipinski definition) is 0. The maximum absolute atomic E-state index is 11.1. The molecular formula is C12H11NO2. The van der Waals surface area contributed by atoms with Gasteiger partial charge in [-0.1, -0.05) is 12.1 Å². The third-order valence-corrected chi connectivity index (χ3v) is 2.94. The van der Waals surface area contributed by atoms with E-state index in [4.69, 9.17) is 4.42 Å². The fourth-order valence-corrected chi connectivity index (χ4v) is 1.97. The number of benzene rings is 1. The molecule has 3 heteroatoms. The summed E-state index contributed by atoms with van der Waals surface area (Å²) in [5.74, 6) is 1.31. The summed E-state index contributed by atoms with van der Waals surface area (Å²) in [7, 11) is 0. The van der Waals surface area contributed by atoms with Crippen molar-refractivity contribution in [2.45, 2.75) is 19.3 Å². The zero-order chi connectivity index (χ0) is 10.4. The fraction of sp³-hybridized carbons (Fsp3) is 0.333. The maximum atomic E-state index is 11.1. The Morgan fingerprint density at radius 2 is 2.27 bits per heavy atom. The first-order valence-electron chi connectivity index (χ1n) is 5.11. The first-order valence-corrected chi connectivity index (χ1v) is 5.11. The van der Waals surface area contributed by atoms with Crippen molar-refractivity contribution in [1.29, 1.82) is 0 Å². The summed E-state index contributed by atoms with van der Waals surface area (Å²) < 4.78 is 5.61. The Morgan fingerprint density at radius 3 is 2.93 bits per heavy atom. The van der Waals surface area contributed by atoms with Gasteiger partial charge in [-0.2, -0.15) is 0 Å². The molecule has 2 aromatic rings. The topological polar surface area (TPSA) is 43.1 Å². The standard InChI is InChI=1S/C12H11NO2/c1-7(14)8-6-9(8)12-13-10-4-2-3-5-11(10)15-12/h2-5,8-9H,6H2,1H3/t8-,9+/m1/s1. The minimum Gasteiger partial charge on any atom is -0.440 e. The summed E-state index contributed by atoms with van der Waals surface area (Å²) >= 11 is 0. The van der Waals surface area contributed by atoms with Crippen LogP contribution >= 0.6 is 0 Å². The first-order chi connectivity index (χ1) is 7.25. The van der Waals surface area contributed by atoms with Gasteiger partial charge in [0.25, 0.3) is 0 Å². The van der Waals surface area contributed by atoms with Crippen LogP contribution in [0.2, 0.25) is 0 Å². The first kappa shape index (κ1) is 8.65. The van der Waals surface area contributed by atoms with Crippen molar-refractivity contribution in [3.63, 3.8) is 0 Å². The maximum Gasteiger partial charge on any atom is 0.199 e. The van der Waals surface area contributed by atoms with Crippen LogP contribution < -0.4 is 0 Å². The lowest BCUT2D eigenvalue weighted by Crippen LogP contribution is -1.94. The van der Waals surface area contributed by atoms with Gasteiger partial charge in [0.1, 0.15) is 11.3 Å². The molecule has 1 aliphatic rings. The second-order valence-electron chi connectivity index (χ2n) is 4.08. The zero-order valence-corrected chi connectivity index (χ0v) is 8.43. The highest BCUT2D eigenvalue weighted by molar-refractivity contribution is 5.82. The van der Waals surface area contributed by atoms with E-state index in [-0.39, 0.29) is 17.6 Å². The van der Waals surface area contributed by atoms with Gasteiger partial charge >= 0.3 is 0 Å². The Labute approximate surface area is 87.1 Å². The predicted molar refractivity (Wildman–Crippen MR) is 55.5 cm³/mol. The molecule has 0 amide bonds. The average Bonchev–Trinajstić information content (AvgIpc) is 2.91. The molecule has 3 rings (SSSR count). The van der Waals surface area contributed by atoms with Gasteiger partial charge in [0.2, 0.25) is 0 Å². The number of nitrogens with zero attached hydrogens (tertiary/aromatic N) is 1. The van der Waals surface area contributed by atoms with Gasteiger partial charge in [0, 0.05) is 11.8 Å². The second kappa shape index (κ2) is 2.92. The molecule has 0 aliphatic heterocycles. The Kier molecular flexibility index (Phi) is 1.69. The summed E-state index contributed by atoms with van der Waals surface area (Å²) in [6.07, 6.45) is 0.891. The molecule has 1 saturated carbocycles. The van der Waals surface area contributed by atoms with Gasteiger partial charge in [0.15, 0.2) is 11.5 Å². The van der Waals surface area contributed by atoms with Crippen LogP contribution in [-0.4, -0.2) is 10.8 Å². The number of ketones is 1. The molecule has 3 nitrogen and oxygen atoms in total. The Morgan fingerprint density at radius 1 is 1.47 bits per heavy atom. The highest BCUT2D eigenvalue weighted by atomic mass is 16.3. The van der Waals surface area contributed by atoms with E-state index in [9.17, 15) is 4.79 Å². The second-order valence-corrected chi connectivity index (χ2v) is 4.08. The highest BCUT2D eigenvalue weighted by Crippen LogP contribution is 2.47. The van der Waals surface area contributed by atoms with E-state index in [1.807, 2.05) is 24.3 Å². The number of fused-ring (bicyclic) bond motifs is 1. The molecule has 1 fully saturated rings. The van der Waals surface area contributed by atoms with Crippen LogP contribution in [0, 0.1) is 5.92 Å². The van der Waals surface area contributed by atoms with Crippen LogP contribution in [0.15, 0.2) is 28.7 Å². The lowest BCUT2D eigenvalue weighted by atomic mass is 10.2. The van der Waals surface area contributed by atoms with Gasteiger partial charge in [0.05, 0.1) is 0 Å². The Hall–Kier alpha value is -1.64. The number of rotatable bonds is 2. The number of Topliss-reactive ketones (excluding diaryl/α,β-unsaturated/α-hetero) is 1. The van der Waals surface area contributed by atoms with Crippen LogP contribution in [0.25, 0.3) is 11.1 Å². The largest absolute Gasteiger partial charge is 0.440 e.